The number of hydrogen-bond donors (Lipinski definition) is 0. The fourth-order valence-corrected chi connectivity index (χ4v) is 3.51. The van der Waals surface area contributed by atoms with E-state index in [1.54, 1.807) is 4.90 Å². The highest BCUT2D eigenvalue weighted by Gasteiger charge is 2.28. The fourth-order valence-electron chi connectivity index (χ4n) is 2.73. The number of hydrogen-bond acceptors (Lipinski definition) is 4. The Bertz CT molecular complexity index is 426. The van der Waals surface area contributed by atoms with E-state index in [2.05, 4.69) is 0 Å². The monoisotopic (exact) mass is 304 g/mol. The quantitative estimate of drug-likeness (QED) is 0.739. The van der Waals surface area contributed by atoms with E-state index >= 15 is 0 Å². The number of nitrogens with zero attached hydrogens (tertiary/aromatic N) is 2. The minimum atomic E-state index is -3.38. The van der Waals surface area contributed by atoms with Crippen molar-refractivity contribution in [3.05, 3.63) is 0 Å². The molecule has 2 fully saturated rings. The first kappa shape index (κ1) is 15.7. The molecule has 7 heteroatoms. The van der Waals surface area contributed by atoms with Crippen LogP contribution in [0.1, 0.15) is 32.1 Å². The first-order valence-electron chi connectivity index (χ1n) is 7.31. The predicted molar refractivity (Wildman–Crippen MR) is 75.8 cm³/mol. The van der Waals surface area contributed by atoms with Gasteiger partial charge in [-0.3, -0.25) is 4.79 Å². The van der Waals surface area contributed by atoms with E-state index in [0.29, 0.717) is 13.2 Å². The van der Waals surface area contributed by atoms with E-state index in [4.69, 9.17) is 4.74 Å². The van der Waals surface area contributed by atoms with Crippen LogP contribution >= 0.6 is 0 Å². The molecule has 1 unspecified atom stereocenters. The van der Waals surface area contributed by atoms with Gasteiger partial charge < -0.3 is 9.64 Å². The zero-order chi connectivity index (χ0) is 14.6. The van der Waals surface area contributed by atoms with Gasteiger partial charge in [-0.15, -0.1) is 0 Å². The lowest BCUT2D eigenvalue weighted by Gasteiger charge is -2.29. The van der Waals surface area contributed by atoms with Crippen LogP contribution in [-0.4, -0.2) is 68.7 Å². The largest absolute Gasteiger partial charge is 0.377 e. The van der Waals surface area contributed by atoms with Crippen molar-refractivity contribution in [3.8, 4) is 0 Å². The first-order chi connectivity index (χ1) is 9.47. The van der Waals surface area contributed by atoms with Gasteiger partial charge in [0.2, 0.25) is 15.9 Å². The minimum absolute atomic E-state index is 0.0569. The lowest BCUT2D eigenvalue weighted by molar-refractivity contribution is -0.132. The number of sulfonamides is 1. The highest BCUT2D eigenvalue weighted by molar-refractivity contribution is 7.88. The van der Waals surface area contributed by atoms with Gasteiger partial charge in [0.25, 0.3) is 0 Å². The Hall–Kier alpha value is -0.660. The van der Waals surface area contributed by atoms with Gasteiger partial charge in [-0.2, -0.15) is 4.31 Å². The average Bonchev–Trinajstić information content (AvgIpc) is 2.91. The van der Waals surface area contributed by atoms with Crippen molar-refractivity contribution in [2.45, 2.75) is 38.2 Å². The van der Waals surface area contributed by atoms with Gasteiger partial charge in [0.05, 0.1) is 18.9 Å². The fraction of sp³-hybridized carbons (Fsp3) is 0.923. The van der Waals surface area contributed by atoms with Gasteiger partial charge in [0.1, 0.15) is 0 Å². The Labute approximate surface area is 121 Å². The van der Waals surface area contributed by atoms with E-state index in [0.717, 1.165) is 51.4 Å². The highest BCUT2D eigenvalue weighted by atomic mass is 32.2. The van der Waals surface area contributed by atoms with Crippen molar-refractivity contribution >= 4 is 15.9 Å². The summed E-state index contributed by atoms with van der Waals surface area (Å²) in [6.45, 7) is 2.41. The number of likely N-dealkylation sites (tertiary alicyclic amines) is 1. The van der Waals surface area contributed by atoms with E-state index < -0.39 is 10.0 Å². The van der Waals surface area contributed by atoms with Gasteiger partial charge >= 0.3 is 0 Å². The Kier molecular flexibility index (Phi) is 5.40. The van der Waals surface area contributed by atoms with Crippen molar-refractivity contribution in [1.29, 1.82) is 0 Å². The second-order valence-corrected chi connectivity index (χ2v) is 7.61. The first-order valence-corrected chi connectivity index (χ1v) is 9.16. The molecule has 1 amide bonds. The zero-order valence-electron chi connectivity index (χ0n) is 12.1. The van der Waals surface area contributed by atoms with E-state index in [9.17, 15) is 13.2 Å². The molecule has 0 N–H and O–H groups in total. The van der Waals surface area contributed by atoms with Crippen molar-refractivity contribution in [2.75, 3.05) is 39.0 Å². The van der Waals surface area contributed by atoms with E-state index in [1.807, 2.05) is 0 Å². The normalized spacial score (nSPS) is 24.3. The molecule has 0 aliphatic carbocycles. The molecule has 2 aliphatic heterocycles. The smallest absolute Gasteiger partial charge is 0.237 e. The minimum Gasteiger partial charge on any atom is -0.377 e. The van der Waals surface area contributed by atoms with Gasteiger partial charge in [-0.1, -0.05) is 0 Å². The molecule has 2 heterocycles. The van der Waals surface area contributed by atoms with Crippen LogP contribution in [0.15, 0.2) is 0 Å². The molecule has 0 saturated carbocycles. The van der Waals surface area contributed by atoms with Crippen LogP contribution in [0.3, 0.4) is 0 Å². The summed E-state index contributed by atoms with van der Waals surface area (Å²) >= 11 is 0. The molecular weight excluding hydrogens is 280 g/mol. The summed E-state index contributed by atoms with van der Waals surface area (Å²) in [5, 5.41) is 0. The van der Waals surface area contributed by atoms with Gasteiger partial charge in [-0.25, -0.2) is 8.42 Å². The summed E-state index contributed by atoms with van der Waals surface area (Å²) < 4.78 is 30.4. The summed E-state index contributed by atoms with van der Waals surface area (Å²) in [6.07, 6.45) is 6.08. The molecule has 1 atom stereocenters. The average molecular weight is 304 g/mol. The van der Waals surface area contributed by atoms with E-state index in [-0.39, 0.29) is 18.6 Å². The molecular formula is C13H24N2O4S. The Morgan fingerprint density at radius 1 is 1.25 bits per heavy atom. The molecule has 0 spiro atoms. The number of carbonyl (C=O) groups excluding carboxylic acids is 1. The zero-order valence-corrected chi connectivity index (χ0v) is 12.9. The maximum absolute atomic E-state index is 12.2. The van der Waals surface area contributed by atoms with Crippen LogP contribution in [0.4, 0.5) is 0 Å². The molecule has 0 radical (unpaired) electrons. The summed E-state index contributed by atoms with van der Waals surface area (Å²) in [5.74, 6) is -0.0897. The standard InChI is InChI=1S/C13H24N2O4S/c1-20(17,18)15(10-12-6-5-9-19-12)11-13(16)14-7-3-2-4-8-14/h12H,2-11H2,1H3. The van der Waals surface area contributed by atoms with Crippen LogP contribution in [0.5, 0.6) is 0 Å². The molecule has 2 rings (SSSR count). The summed E-state index contributed by atoms with van der Waals surface area (Å²) in [4.78, 5) is 14.0. The molecule has 6 nitrogen and oxygen atoms in total. The van der Waals surface area contributed by atoms with Crippen molar-refractivity contribution in [2.24, 2.45) is 0 Å². The van der Waals surface area contributed by atoms with Crippen LogP contribution < -0.4 is 0 Å². The number of piperidine rings is 1. The van der Waals surface area contributed by atoms with Crippen LogP contribution in [0.2, 0.25) is 0 Å². The van der Waals surface area contributed by atoms with Gasteiger partial charge in [0, 0.05) is 26.2 Å². The highest BCUT2D eigenvalue weighted by Crippen LogP contribution is 2.16. The number of rotatable bonds is 5. The third kappa shape index (κ3) is 4.43. The molecule has 0 aromatic rings. The van der Waals surface area contributed by atoms with Crippen molar-refractivity contribution < 1.29 is 17.9 Å². The van der Waals surface area contributed by atoms with Crippen molar-refractivity contribution in [1.82, 2.24) is 9.21 Å². The van der Waals surface area contributed by atoms with Crippen LogP contribution in [-0.2, 0) is 19.6 Å². The molecule has 20 heavy (non-hydrogen) atoms. The SMILES string of the molecule is CS(=O)(=O)N(CC(=O)N1CCCCC1)CC1CCCO1. The molecule has 2 saturated heterocycles. The number of ether oxygens (including phenoxy) is 1. The lowest BCUT2D eigenvalue weighted by atomic mass is 10.1. The van der Waals surface area contributed by atoms with Crippen molar-refractivity contribution in [3.63, 3.8) is 0 Å². The maximum atomic E-state index is 12.2. The predicted octanol–water partition coefficient (Wildman–Crippen LogP) is 0.439. The van der Waals surface area contributed by atoms with Crippen LogP contribution in [0.25, 0.3) is 0 Å². The number of carbonyl (C=O) groups is 1. The van der Waals surface area contributed by atoms with Crippen LogP contribution in [0, 0.1) is 0 Å². The maximum Gasteiger partial charge on any atom is 0.237 e. The Morgan fingerprint density at radius 3 is 2.50 bits per heavy atom. The van der Waals surface area contributed by atoms with Gasteiger partial charge in [-0.05, 0) is 32.1 Å². The molecule has 2 aliphatic rings. The molecule has 0 bridgehead atoms. The number of amides is 1. The summed E-state index contributed by atoms with van der Waals surface area (Å²) in [6, 6.07) is 0. The van der Waals surface area contributed by atoms with E-state index in [1.165, 1.54) is 4.31 Å². The second kappa shape index (κ2) is 6.87. The third-order valence-corrected chi connectivity index (χ3v) is 5.14. The molecule has 116 valence electrons. The lowest BCUT2D eigenvalue weighted by Crippen LogP contribution is -2.46. The Morgan fingerprint density at radius 2 is 1.95 bits per heavy atom. The molecule has 0 aromatic heterocycles. The topological polar surface area (TPSA) is 66.9 Å². The second-order valence-electron chi connectivity index (χ2n) is 5.63. The molecule has 0 aromatic carbocycles. The summed E-state index contributed by atoms with van der Waals surface area (Å²) in [7, 11) is -3.38. The third-order valence-electron chi connectivity index (χ3n) is 3.92. The van der Waals surface area contributed by atoms with Gasteiger partial charge in [0.15, 0.2) is 0 Å². The summed E-state index contributed by atoms with van der Waals surface area (Å²) in [5.41, 5.74) is 0. The Balaban J connectivity index is 1.94.